The molecule has 6 aromatic carbocycles. The molecule has 1 unspecified atom stereocenters. The molecule has 278 valence electrons. The smallest absolute Gasteiger partial charge is 0.202 e. The van der Waals surface area contributed by atoms with Crippen LogP contribution in [0, 0.1) is 12.8 Å². The van der Waals surface area contributed by atoms with Crippen molar-refractivity contribution in [3.05, 3.63) is 126 Å². The molecular weight excluding hydrogens is 715 g/mol. The second-order valence-corrected chi connectivity index (χ2v) is 14.7. The normalized spacial score (nSPS) is 14.6. The van der Waals surface area contributed by atoms with Gasteiger partial charge >= 0.3 is 0 Å². The van der Waals surface area contributed by atoms with E-state index in [1.54, 1.807) is 12.1 Å². The van der Waals surface area contributed by atoms with Crippen LogP contribution in [-0.2, 0) is 0 Å². The van der Waals surface area contributed by atoms with Gasteiger partial charge in [-0.05, 0) is 84.0 Å². The topological polar surface area (TPSA) is 146 Å². The first kappa shape index (κ1) is 34.1. The van der Waals surface area contributed by atoms with Crippen LogP contribution in [0.5, 0.6) is 23.0 Å². The molecule has 3 aromatic heterocycles. The van der Waals surface area contributed by atoms with Crippen molar-refractivity contribution in [1.29, 1.82) is 0 Å². The third-order valence-electron chi connectivity index (χ3n) is 11.0. The van der Waals surface area contributed by atoms with E-state index in [0.29, 0.717) is 28.2 Å². The summed E-state index contributed by atoms with van der Waals surface area (Å²) in [6.07, 6.45) is 11.2. The second-order valence-electron chi connectivity index (χ2n) is 14.7. The van der Waals surface area contributed by atoms with Gasteiger partial charge in [0.1, 0.15) is 16.9 Å². The van der Waals surface area contributed by atoms with E-state index >= 15 is 0 Å². The lowest BCUT2D eigenvalue weighted by Gasteiger charge is -2.15. The number of nitrogens with zero attached hydrogens (tertiary/aromatic N) is 3. The van der Waals surface area contributed by atoms with Gasteiger partial charge in [-0.2, -0.15) is 0 Å². The Bertz CT molecular complexity index is 3260. The summed E-state index contributed by atoms with van der Waals surface area (Å²) in [7, 11) is 0. The maximum absolute atomic E-state index is 11.7. The van der Waals surface area contributed by atoms with Crippen molar-refractivity contribution in [1.82, 2.24) is 15.0 Å². The van der Waals surface area contributed by atoms with Gasteiger partial charge in [-0.1, -0.05) is 85.8 Å². The summed E-state index contributed by atoms with van der Waals surface area (Å²) in [6, 6.07) is 26.4. The van der Waals surface area contributed by atoms with E-state index in [9.17, 15) is 20.4 Å². The van der Waals surface area contributed by atoms with Gasteiger partial charge in [0.25, 0.3) is 0 Å². The molecule has 9 nitrogen and oxygen atoms in total. The number of furan rings is 2. The molecule has 3 heterocycles. The average molecular weight is 750 g/mol. The Morgan fingerprint density at radius 3 is 2.30 bits per heavy atom. The Kier molecular flexibility index (Phi) is 7.69. The Morgan fingerprint density at radius 2 is 1.46 bits per heavy atom. The highest BCUT2D eigenvalue weighted by atomic mass is 16.4. The number of hydrogen-bond donors (Lipinski definition) is 4. The fourth-order valence-electron chi connectivity index (χ4n) is 8.11. The molecular formula is C48H35N3O6. The van der Waals surface area contributed by atoms with Crippen molar-refractivity contribution in [2.45, 2.75) is 27.2 Å². The van der Waals surface area contributed by atoms with Crippen molar-refractivity contribution in [2.24, 2.45) is 5.92 Å². The van der Waals surface area contributed by atoms with Crippen LogP contribution in [0.25, 0.3) is 100 Å². The number of allylic oxidation sites excluding steroid dienone is 5. The van der Waals surface area contributed by atoms with Crippen molar-refractivity contribution in [3.63, 3.8) is 0 Å². The third-order valence-corrected chi connectivity index (χ3v) is 11.0. The van der Waals surface area contributed by atoms with Gasteiger partial charge < -0.3 is 29.3 Å². The molecule has 1 aliphatic carbocycles. The number of benzene rings is 6. The molecule has 0 spiro atoms. The molecule has 0 radical (unpaired) electrons. The van der Waals surface area contributed by atoms with Crippen LogP contribution in [0.2, 0.25) is 0 Å². The molecule has 9 heteroatoms. The molecule has 4 N–H and O–H groups in total. The van der Waals surface area contributed by atoms with Gasteiger partial charge in [0.15, 0.2) is 40.1 Å². The zero-order valence-corrected chi connectivity index (χ0v) is 31.2. The van der Waals surface area contributed by atoms with Crippen LogP contribution in [0.15, 0.2) is 118 Å². The van der Waals surface area contributed by atoms with Gasteiger partial charge in [-0.3, -0.25) is 0 Å². The zero-order valence-electron chi connectivity index (χ0n) is 31.2. The minimum absolute atomic E-state index is 0.0237. The predicted octanol–water partition coefficient (Wildman–Crippen LogP) is 12.0. The summed E-state index contributed by atoms with van der Waals surface area (Å²) in [5.41, 5.74) is 6.10. The van der Waals surface area contributed by atoms with Gasteiger partial charge in [-0.25, -0.2) is 15.0 Å². The number of phenolic OH excluding ortho intramolecular Hbond substituents is 4. The van der Waals surface area contributed by atoms with E-state index in [0.717, 1.165) is 55.8 Å². The highest BCUT2D eigenvalue weighted by Crippen LogP contribution is 2.51. The summed E-state index contributed by atoms with van der Waals surface area (Å²) < 4.78 is 12.2. The molecule has 0 saturated carbocycles. The molecule has 1 aliphatic rings. The van der Waals surface area contributed by atoms with Crippen LogP contribution in [0.1, 0.15) is 37.2 Å². The monoisotopic (exact) mass is 749 g/mol. The van der Waals surface area contributed by atoms with E-state index in [1.165, 1.54) is 6.07 Å². The summed E-state index contributed by atoms with van der Waals surface area (Å²) >= 11 is 0. The van der Waals surface area contributed by atoms with Crippen molar-refractivity contribution >= 4 is 66.3 Å². The Morgan fingerprint density at radius 1 is 0.684 bits per heavy atom. The highest BCUT2D eigenvalue weighted by Gasteiger charge is 2.28. The predicted molar refractivity (Wildman–Crippen MR) is 225 cm³/mol. The van der Waals surface area contributed by atoms with E-state index < -0.39 is 11.5 Å². The minimum Gasteiger partial charge on any atom is -0.507 e. The number of hydrogen-bond acceptors (Lipinski definition) is 9. The molecule has 0 saturated heterocycles. The third kappa shape index (κ3) is 5.42. The van der Waals surface area contributed by atoms with Crippen LogP contribution >= 0.6 is 0 Å². The average Bonchev–Trinajstić information content (AvgIpc) is 3.79. The first-order chi connectivity index (χ1) is 27.7. The number of aromatic nitrogens is 3. The maximum atomic E-state index is 11.7. The first-order valence-corrected chi connectivity index (χ1v) is 18.8. The molecule has 9 aromatic rings. The molecule has 57 heavy (non-hydrogen) atoms. The Balaban J connectivity index is 1.21. The highest BCUT2D eigenvalue weighted by molar-refractivity contribution is 6.18. The summed E-state index contributed by atoms with van der Waals surface area (Å²) in [6.45, 7) is 6.23. The van der Waals surface area contributed by atoms with Crippen molar-refractivity contribution < 1.29 is 29.3 Å². The van der Waals surface area contributed by atoms with Gasteiger partial charge in [-0.15, -0.1) is 0 Å². The molecule has 0 amide bonds. The Hall–Kier alpha value is -7.39. The lowest BCUT2D eigenvalue weighted by atomic mass is 9.96. The fourth-order valence-corrected chi connectivity index (χ4v) is 8.11. The number of aromatic hydroxyl groups is 4. The van der Waals surface area contributed by atoms with E-state index in [4.69, 9.17) is 23.8 Å². The molecule has 0 fully saturated rings. The molecule has 10 rings (SSSR count). The Labute approximate surface area is 325 Å². The van der Waals surface area contributed by atoms with Crippen LogP contribution in [0.4, 0.5) is 0 Å². The molecule has 1 atom stereocenters. The molecule has 0 bridgehead atoms. The first-order valence-electron chi connectivity index (χ1n) is 18.8. The summed E-state index contributed by atoms with van der Waals surface area (Å²) in [4.78, 5) is 14.9. The van der Waals surface area contributed by atoms with E-state index in [1.807, 2.05) is 67.6 Å². The number of aryl methyl sites for hydroxylation is 1. The zero-order chi connectivity index (χ0) is 39.1. The number of rotatable bonds is 5. The summed E-state index contributed by atoms with van der Waals surface area (Å²) in [5.74, 6) is -0.443. The van der Waals surface area contributed by atoms with Crippen molar-refractivity contribution in [2.75, 3.05) is 0 Å². The fraction of sp³-hybridized carbons (Fsp3) is 0.104. The minimum atomic E-state index is -0.527. The van der Waals surface area contributed by atoms with Gasteiger partial charge in [0, 0.05) is 44.3 Å². The van der Waals surface area contributed by atoms with Crippen LogP contribution in [0.3, 0.4) is 0 Å². The number of para-hydroxylation sites is 1. The van der Waals surface area contributed by atoms with Crippen LogP contribution in [-0.4, -0.2) is 35.4 Å². The van der Waals surface area contributed by atoms with Gasteiger partial charge in [0.2, 0.25) is 5.75 Å². The maximum Gasteiger partial charge on any atom is 0.202 e. The van der Waals surface area contributed by atoms with E-state index in [2.05, 4.69) is 50.3 Å². The summed E-state index contributed by atoms with van der Waals surface area (Å²) in [5, 5.41) is 50.3. The number of phenols is 4. The standard InChI is InChI=1S/C48H35N3O6/c1-4-8-26-13-14-27-20-30(16-17-31(27)25(26)3)47-49-46(29-10-7-9-24(2)19-29)50-48(51-47)41-36(52)23-37(53)45-40(41)35-22-34(42(54)43(55)44(35)57-45)28-15-18-33-32-11-5-6-12-38(32)56-39(33)21-28/h4-8,10-24,52-55H,9H2,1-3H3/b8-4-. The van der Waals surface area contributed by atoms with Crippen molar-refractivity contribution in [3.8, 4) is 56.9 Å². The SMILES string of the molecule is C/C=C\c1ccc2cc(-c3nc(C4=CC(C)CC=C4)nc(-c4c(O)cc(O)c5oc6c(O)c(O)c(-c7ccc8c(c7)oc7ccccc78)cc6c45)n3)ccc2c1C. The second kappa shape index (κ2) is 12.8. The van der Waals surface area contributed by atoms with E-state index in [-0.39, 0.29) is 50.9 Å². The molecule has 0 aliphatic heterocycles. The number of fused-ring (bicyclic) bond motifs is 7. The van der Waals surface area contributed by atoms with Gasteiger partial charge in [0.05, 0.1) is 5.56 Å². The quantitative estimate of drug-likeness (QED) is 0.126. The lowest BCUT2D eigenvalue weighted by Crippen LogP contribution is -2.05. The largest absolute Gasteiger partial charge is 0.507 e. The van der Waals surface area contributed by atoms with Crippen LogP contribution < -0.4 is 0 Å². The lowest BCUT2D eigenvalue weighted by molar-refractivity contribution is 0.402.